The van der Waals surface area contributed by atoms with Crippen molar-refractivity contribution in [3.05, 3.63) is 15.1 Å². The third kappa shape index (κ3) is 4.02. The van der Waals surface area contributed by atoms with Crippen LogP contribution in [0.5, 0.6) is 0 Å². The molecule has 0 amide bonds. The maximum Gasteiger partial charge on any atom is 0.162 e. The van der Waals surface area contributed by atoms with Crippen molar-refractivity contribution in [1.82, 2.24) is 9.97 Å². The molecule has 20 heavy (non-hydrogen) atoms. The molecule has 6 heteroatoms. The van der Waals surface area contributed by atoms with Crippen LogP contribution in [0.25, 0.3) is 0 Å². The summed E-state index contributed by atoms with van der Waals surface area (Å²) in [6, 6.07) is 0. The van der Waals surface area contributed by atoms with Gasteiger partial charge in [-0.1, -0.05) is 6.92 Å². The van der Waals surface area contributed by atoms with Gasteiger partial charge in [0.2, 0.25) is 0 Å². The fraction of sp³-hybridized carbons (Fsp3) is 0.714. The molecule has 0 aromatic carbocycles. The van der Waals surface area contributed by atoms with Gasteiger partial charge in [-0.05, 0) is 49.8 Å². The van der Waals surface area contributed by atoms with Gasteiger partial charge >= 0.3 is 0 Å². The molecule has 0 bridgehead atoms. The minimum atomic E-state index is -0.467. The van der Waals surface area contributed by atoms with Gasteiger partial charge in [-0.3, -0.25) is 0 Å². The van der Waals surface area contributed by atoms with Crippen molar-refractivity contribution in [3.8, 4) is 0 Å². The highest BCUT2D eigenvalue weighted by molar-refractivity contribution is 14.1. The van der Waals surface area contributed by atoms with Crippen LogP contribution in [0, 0.1) is 3.57 Å². The average molecular weight is 393 g/mol. The fourth-order valence-corrected chi connectivity index (χ4v) is 2.48. The smallest absolute Gasteiger partial charge is 0.162 e. The predicted molar refractivity (Wildman–Crippen MR) is 88.9 cm³/mol. The van der Waals surface area contributed by atoms with Gasteiger partial charge in [0.25, 0.3) is 0 Å². The molecular weight excluding hydrogens is 369 g/mol. The first kappa shape index (κ1) is 17.6. The Kier molecular flexibility index (Phi) is 7.11. The van der Waals surface area contributed by atoms with Gasteiger partial charge in [0, 0.05) is 20.3 Å². The van der Waals surface area contributed by atoms with Crippen LogP contribution in [0.15, 0.2) is 0 Å². The highest BCUT2D eigenvalue weighted by Gasteiger charge is 2.30. The summed E-state index contributed by atoms with van der Waals surface area (Å²) in [4.78, 5) is 9.31. The van der Waals surface area contributed by atoms with Crippen molar-refractivity contribution in [2.45, 2.75) is 46.3 Å². The minimum absolute atomic E-state index is 0.467. The zero-order valence-corrected chi connectivity index (χ0v) is 15.1. The molecule has 0 saturated carbocycles. The fourth-order valence-electron chi connectivity index (χ4n) is 1.89. The second kappa shape index (κ2) is 8.09. The van der Waals surface area contributed by atoms with Crippen LogP contribution in [0.1, 0.15) is 45.6 Å². The van der Waals surface area contributed by atoms with E-state index in [9.17, 15) is 0 Å². The Hall–Kier alpha value is -0.470. The third-order valence-electron chi connectivity index (χ3n) is 3.16. The van der Waals surface area contributed by atoms with Gasteiger partial charge in [-0.25, -0.2) is 9.97 Å². The molecule has 1 unspecified atom stereocenters. The maximum absolute atomic E-state index is 5.87. The molecule has 0 aliphatic heterocycles. The number of nitrogens with zero attached hydrogens (tertiary/aromatic N) is 2. The van der Waals surface area contributed by atoms with Crippen LogP contribution in [-0.2, 0) is 21.7 Å². The monoisotopic (exact) mass is 393 g/mol. The van der Waals surface area contributed by atoms with Crippen molar-refractivity contribution >= 4 is 28.4 Å². The summed E-state index contributed by atoms with van der Waals surface area (Å²) >= 11 is 2.26. The Morgan fingerprint density at radius 2 is 1.95 bits per heavy atom. The van der Waals surface area contributed by atoms with E-state index in [1.807, 2.05) is 13.8 Å². The molecular formula is C14H24IN3O2. The van der Waals surface area contributed by atoms with E-state index in [0.29, 0.717) is 19.0 Å². The maximum atomic E-state index is 5.87. The summed E-state index contributed by atoms with van der Waals surface area (Å²) in [6.07, 6.45) is 0.819. The number of hydrogen-bond donors (Lipinski definition) is 1. The third-order valence-corrected chi connectivity index (χ3v) is 4.29. The van der Waals surface area contributed by atoms with E-state index in [0.717, 1.165) is 28.0 Å². The number of anilines is 1. The summed E-state index contributed by atoms with van der Waals surface area (Å²) in [5, 5.41) is 3.28. The van der Waals surface area contributed by atoms with Crippen molar-refractivity contribution < 1.29 is 9.47 Å². The lowest BCUT2D eigenvalue weighted by Gasteiger charge is -2.27. The first-order valence-corrected chi connectivity index (χ1v) is 8.03. The van der Waals surface area contributed by atoms with Crippen LogP contribution < -0.4 is 5.32 Å². The van der Waals surface area contributed by atoms with E-state index >= 15 is 0 Å². The Labute approximate surface area is 135 Å². The molecule has 5 nitrogen and oxygen atoms in total. The number of halogens is 1. The van der Waals surface area contributed by atoms with Gasteiger partial charge in [-0.2, -0.15) is 0 Å². The molecule has 114 valence electrons. The lowest BCUT2D eigenvalue weighted by atomic mass is 10.0. The van der Waals surface area contributed by atoms with E-state index in [-0.39, 0.29) is 0 Å². The largest absolute Gasteiger partial charge is 0.378 e. The Morgan fingerprint density at radius 3 is 2.45 bits per heavy atom. The van der Waals surface area contributed by atoms with Crippen LogP contribution in [0.4, 0.5) is 5.82 Å². The zero-order chi connectivity index (χ0) is 15.2. The molecule has 1 heterocycles. The highest BCUT2D eigenvalue weighted by Crippen LogP contribution is 2.29. The van der Waals surface area contributed by atoms with Gasteiger partial charge in [0.15, 0.2) is 5.82 Å². The first-order chi connectivity index (χ1) is 9.52. The van der Waals surface area contributed by atoms with Gasteiger partial charge in [0.05, 0.1) is 15.9 Å². The molecule has 0 aliphatic carbocycles. The minimum Gasteiger partial charge on any atom is -0.378 e. The second-order valence-corrected chi connectivity index (χ2v) is 5.72. The molecule has 1 aromatic heterocycles. The molecule has 1 aromatic rings. The van der Waals surface area contributed by atoms with Crippen LogP contribution >= 0.6 is 22.6 Å². The van der Waals surface area contributed by atoms with E-state index in [1.54, 1.807) is 7.11 Å². The van der Waals surface area contributed by atoms with Crippen LogP contribution in [0.2, 0.25) is 0 Å². The zero-order valence-electron chi connectivity index (χ0n) is 12.9. The summed E-state index contributed by atoms with van der Waals surface area (Å²) in [6.45, 7) is 10.1. The number of rotatable bonds is 8. The SMILES string of the molecule is CCNc1nc(C(C)(CC)OCC)nc(COC)c1I. The number of nitrogens with one attached hydrogen (secondary N) is 1. The summed E-state index contributed by atoms with van der Waals surface area (Å²) in [5.41, 5.74) is 0.430. The van der Waals surface area contributed by atoms with Gasteiger partial charge in [0.1, 0.15) is 11.4 Å². The van der Waals surface area contributed by atoms with E-state index in [4.69, 9.17) is 9.47 Å². The van der Waals surface area contributed by atoms with Gasteiger partial charge in [-0.15, -0.1) is 0 Å². The highest BCUT2D eigenvalue weighted by atomic mass is 127. The number of aromatic nitrogens is 2. The lowest BCUT2D eigenvalue weighted by molar-refractivity contribution is -0.0393. The summed E-state index contributed by atoms with van der Waals surface area (Å²) < 4.78 is 12.1. The normalized spacial score (nSPS) is 14.1. The molecule has 0 radical (unpaired) electrons. The molecule has 1 atom stereocenters. The first-order valence-electron chi connectivity index (χ1n) is 6.96. The average Bonchev–Trinajstić information content (AvgIpc) is 2.43. The van der Waals surface area contributed by atoms with Crippen molar-refractivity contribution in [2.75, 3.05) is 25.6 Å². The standard InChI is InChI=1S/C14H24IN3O2/c1-6-14(4,20-8-3)13-17-10(9-19-5)11(15)12(18-13)16-7-2/h6-9H2,1-5H3,(H,16,17,18). The summed E-state index contributed by atoms with van der Waals surface area (Å²) in [7, 11) is 1.67. The quantitative estimate of drug-likeness (QED) is 0.687. The van der Waals surface area contributed by atoms with Crippen molar-refractivity contribution in [3.63, 3.8) is 0 Å². The van der Waals surface area contributed by atoms with E-state index < -0.39 is 5.60 Å². The molecule has 0 fully saturated rings. The van der Waals surface area contributed by atoms with Crippen molar-refractivity contribution in [1.29, 1.82) is 0 Å². The van der Waals surface area contributed by atoms with E-state index in [2.05, 4.69) is 51.7 Å². The Bertz CT molecular complexity index is 415. The predicted octanol–water partition coefficient (Wildman–Crippen LogP) is 3.32. The lowest BCUT2D eigenvalue weighted by Crippen LogP contribution is -2.29. The topological polar surface area (TPSA) is 56.3 Å². The van der Waals surface area contributed by atoms with Gasteiger partial charge < -0.3 is 14.8 Å². The Balaban J connectivity index is 3.31. The molecule has 1 N–H and O–H groups in total. The van der Waals surface area contributed by atoms with E-state index in [1.165, 1.54) is 0 Å². The van der Waals surface area contributed by atoms with Crippen LogP contribution in [-0.4, -0.2) is 30.2 Å². The summed E-state index contributed by atoms with van der Waals surface area (Å²) in [5.74, 6) is 1.56. The molecule has 0 saturated heterocycles. The molecule has 0 aliphatic rings. The number of ether oxygens (including phenoxy) is 2. The number of methoxy groups -OCH3 is 1. The Morgan fingerprint density at radius 1 is 1.25 bits per heavy atom. The van der Waals surface area contributed by atoms with Crippen molar-refractivity contribution in [2.24, 2.45) is 0 Å². The van der Waals surface area contributed by atoms with Crippen LogP contribution in [0.3, 0.4) is 0 Å². The number of hydrogen-bond acceptors (Lipinski definition) is 5. The second-order valence-electron chi connectivity index (χ2n) is 4.64. The molecule has 1 rings (SSSR count). The molecule has 0 spiro atoms.